The number of esters is 1. The van der Waals surface area contributed by atoms with Crippen LogP contribution in [0.1, 0.15) is 131 Å². The minimum Gasteiger partial charge on any atom is -0.494 e. The van der Waals surface area contributed by atoms with Crippen LogP contribution in [0, 0.1) is 5.92 Å². The van der Waals surface area contributed by atoms with Gasteiger partial charge in [-0.3, -0.25) is 4.79 Å². The van der Waals surface area contributed by atoms with Crippen molar-refractivity contribution in [1.82, 2.24) is 0 Å². The van der Waals surface area contributed by atoms with Crippen LogP contribution in [0.25, 0.3) is 11.1 Å². The van der Waals surface area contributed by atoms with Crippen LogP contribution in [-0.2, 0) is 0 Å². The van der Waals surface area contributed by atoms with Gasteiger partial charge >= 0.3 is 5.97 Å². The average Bonchev–Trinajstić information content (AvgIpc) is 3.33. The molecular weight excluding hydrogens is 548 g/mol. The van der Waals surface area contributed by atoms with Gasteiger partial charge in [-0.2, -0.15) is 0 Å². The molecule has 0 N–H and O–H groups in total. The molecule has 0 fully saturated rings. The summed E-state index contributed by atoms with van der Waals surface area (Å²) < 4.78 is 17.4. The Morgan fingerprint density at radius 1 is 0.614 bits per heavy atom. The van der Waals surface area contributed by atoms with Crippen LogP contribution in [0.5, 0.6) is 17.2 Å². The Labute approximate surface area is 264 Å². The fourth-order valence-electron chi connectivity index (χ4n) is 5.53. The fourth-order valence-corrected chi connectivity index (χ4v) is 5.53. The van der Waals surface area contributed by atoms with Gasteiger partial charge in [-0.15, -0.1) is 0 Å². The smallest absolute Gasteiger partial charge is 0.343 e. The van der Waals surface area contributed by atoms with Crippen molar-refractivity contribution < 1.29 is 23.8 Å². The highest BCUT2D eigenvalue weighted by Crippen LogP contribution is 2.39. The SMILES string of the molecule is CCCCCCCCCCCCCCOc1ccc2c(c1)C(=O)c1cc(C(=O)Oc3ccc(OCC(C)CC)cc3)ccc1-2. The first-order valence-electron chi connectivity index (χ1n) is 16.9. The van der Waals surface area contributed by atoms with Gasteiger partial charge < -0.3 is 14.2 Å². The third-order valence-corrected chi connectivity index (χ3v) is 8.56. The Balaban J connectivity index is 1.20. The summed E-state index contributed by atoms with van der Waals surface area (Å²) in [5.74, 6) is 1.76. The second-order valence-corrected chi connectivity index (χ2v) is 12.2. The Bertz CT molecular complexity index is 1340. The molecule has 0 bridgehead atoms. The Morgan fingerprint density at radius 2 is 1.16 bits per heavy atom. The molecule has 1 aliphatic carbocycles. The van der Waals surface area contributed by atoms with E-state index in [0.717, 1.165) is 29.7 Å². The average molecular weight is 599 g/mol. The van der Waals surface area contributed by atoms with Gasteiger partial charge in [-0.1, -0.05) is 104 Å². The van der Waals surface area contributed by atoms with Crippen LogP contribution in [0.15, 0.2) is 60.7 Å². The molecule has 1 unspecified atom stereocenters. The summed E-state index contributed by atoms with van der Waals surface area (Å²) in [5, 5.41) is 0. The Kier molecular flexibility index (Phi) is 13.3. The van der Waals surface area contributed by atoms with Crippen molar-refractivity contribution in [3.8, 4) is 28.4 Å². The molecule has 4 rings (SSSR count). The molecule has 5 nitrogen and oxygen atoms in total. The van der Waals surface area contributed by atoms with E-state index < -0.39 is 5.97 Å². The van der Waals surface area contributed by atoms with Crippen molar-refractivity contribution in [2.24, 2.45) is 5.92 Å². The van der Waals surface area contributed by atoms with Crippen molar-refractivity contribution >= 4 is 11.8 Å². The lowest BCUT2D eigenvalue weighted by Gasteiger charge is -2.11. The van der Waals surface area contributed by atoms with Gasteiger partial charge in [-0.25, -0.2) is 4.79 Å². The van der Waals surface area contributed by atoms with E-state index in [1.807, 2.05) is 24.3 Å². The monoisotopic (exact) mass is 598 g/mol. The van der Waals surface area contributed by atoms with Crippen LogP contribution in [0.2, 0.25) is 0 Å². The summed E-state index contributed by atoms with van der Waals surface area (Å²) in [4.78, 5) is 26.2. The van der Waals surface area contributed by atoms with Crippen LogP contribution >= 0.6 is 0 Å². The number of hydrogen-bond donors (Lipinski definition) is 0. The molecule has 0 radical (unpaired) electrons. The summed E-state index contributed by atoms with van der Waals surface area (Å²) in [6.07, 6.45) is 16.7. The highest BCUT2D eigenvalue weighted by Gasteiger charge is 2.28. The lowest BCUT2D eigenvalue weighted by atomic mass is 10.0. The topological polar surface area (TPSA) is 61.8 Å². The minimum absolute atomic E-state index is 0.0942. The van der Waals surface area contributed by atoms with Crippen molar-refractivity contribution in [3.05, 3.63) is 77.4 Å². The number of hydrogen-bond acceptors (Lipinski definition) is 5. The Morgan fingerprint density at radius 3 is 1.80 bits per heavy atom. The summed E-state index contributed by atoms with van der Waals surface area (Å²) in [6.45, 7) is 7.84. The second kappa shape index (κ2) is 17.6. The third kappa shape index (κ3) is 9.70. The number of carbonyl (C=O) groups excluding carboxylic acids is 2. The zero-order valence-corrected chi connectivity index (χ0v) is 27.0. The van der Waals surface area contributed by atoms with Crippen molar-refractivity contribution in [1.29, 1.82) is 0 Å². The second-order valence-electron chi connectivity index (χ2n) is 12.2. The maximum absolute atomic E-state index is 13.3. The van der Waals surface area contributed by atoms with Gasteiger partial charge in [0.1, 0.15) is 17.2 Å². The molecule has 5 heteroatoms. The van der Waals surface area contributed by atoms with E-state index in [9.17, 15) is 9.59 Å². The van der Waals surface area contributed by atoms with E-state index in [4.69, 9.17) is 14.2 Å². The molecule has 0 heterocycles. The van der Waals surface area contributed by atoms with Crippen molar-refractivity contribution in [2.75, 3.05) is 13.2 Å². The Hall–Kier alpha value is -3.60. The van der Waals surface area contributed by atoms with Crippen LogP contribution in [-0.4, -0.2) is 25.0 Å². The molecule has 1 aliphatic rings. The molecule has 0 amide bonds. The molecule has 44 heavy (non-hydrogen) atoms. The molecule has 0 saturated carbocycles. The molecule has 0 spiro atoms. The van der Waals surface area contributed by atoms with E-state index in [1.54, 1.807) is 36.4 Å². The predicted octanol–water partition coefficient (Wildman–Crippen LogP) is 10.6. The fraction of sp³-hybridized carbons (Fsp3) is 0.487. The van der Waals surface area contributed by atoms with E-state index in [-0.39, 0.29) is 5.78 Å². The summed E-state index contributed by atoms with van der Waals surface area (Å²) in [7, 11) is 0. The number of unbranched alkanes of at least 4 members (excludes halogenated alkanes) is 11. The zero-order valence-electron chi connectivity index (χ0n) is 27.0. The number of carbonyl (C=O) groups is 2. The maximum Gasteiger partial charge on any atom is 0.343 e. The standard InChI is InChI=1S/C39H50O5/c1-4-6-7-8-9-10-11-12-13-14-15-16-25-42-33-22-24-35-34-23-17-30(26-36(34)38(40)37(35)27-33)39(41)44-32-20-18-31(19-21-32)43-28-29(3)5-2/h17-24,26-27,29H,4-16,25,28H2,1-3H3. The highest BCUT2D eigenvalue weighted by molar-refractivity contribution is 6.22. The van der Waals surface area contributed by atoms with Gasteiger partial charge in [0.15, 0.2) is 5.78 Å². The van der Waals surface area contributed by atoms with Gasteiger partial charge in [-0.05, 0) is 78.1 Å². The molecular formula is C39H50O5. The summed E-state index contributed by atoms with van der Waals surface area (Å²) in [6, 6.07) is 17.9. The molecule has 3 aromatic carbocycles. The number of ether oxygens (including phenoxy) is 3. The lowest BCUT2D eigenvalue weighted by Crippen LogP contribution is -2.10. The summed E-state index contributed by atoms with van der Waals surface area (Å²) in [5.41, 5.74) is 3.17. The van der Waals surface area contributed by atoms with Crippen LogP contribution < -0.4 is 14.2 Å². The number of fused-ring (bicyclic) bond motifs is 3. The number of rotatable bonds is 20. The first-order chi connectivity index (χ1) is 21.5. The molecule has 236 valence electrons. The molecule has 0 saturated heterocycles. The predicted molar refractivity (Wildman–Crippen MR) is 178 cm³/mol. The van der Waals surface area contributed by atoms with Gasteiger partial charge in [0, 0.05) is 11.1 Å². The highest BCUT2D eigenvalue weighted by atomic mass is 16.5. The van der Waals surface area contributed by atoms with Crippen molar-refractivity contribution in [2.45, 2.75) is 104 Å². The van der Waals surface area contributed by atoms with E-state index in [0.29, 0.717) is 47.3 Å². The minimum atomic E-state index is -0.503. The van der Waals surface area contributed by atoms with E-state index in [2.05, 4.69) is 20.8 Å². The first-order valence-corrected chi connectivity index (χ1v) is 16.9. The zero-order chi connectivity index (χ0) is 31.1. The maximum atomic E-state index is 13.3. The number of benzene rings is 3. The van der Waals surface area contributed by atoms with Crippen LogP contribution in [0.4, 0.5) is 0 Å². The van der Waals surface area contributed by atoms with Gasteiger partial charge in [0.05, 0.1) is 18.8 Å². The normalized spacial score (nSPS) is 12.5. The van der Waals surface area contributed by atoms with E-state index in [1.165, 1.54) is 70.6 Å². The van der Waals surface area contributed by atoms with E-state index >= 15 is 0 Å². The number of ketones is 1. The lowest BCUT2D eigenvalue weighted by molar-refractivity contribution is 0.0734. The quantitative estimate of drug-likeness (QED) is 0.0575. The molecule has 0 aromatic heterocycles. The van der Waals surface area contributed by atoms with Crippen molar-refractivity contribution in [3.63, 3.8) is 0 Å². The first kappa shape index (κ1) is 33.3. The summed E-state index contributed by atoms with van der Waals surface area (Å²) >= 11 is 0. The molecule has 1 atom stereocenters. The molecule has 3 aromatic rings. The molecule has 0 aliphatic heterocycles. The van der Waals surface area contributed by atoms with Gasteiger partial charge in [0.2, 0.25) is 0 Å². The third-order valence-electron chi connectivity index (χ3n) is 8.56. The van der Waals surface area contributed by atoms with Crippen LogP contribution in [0.3, 0.4) is 0 Å². The van der Waals surface area contributed by atoms with Gasteiger partial charge in [0.25, 0.3) is 0 Å². The largest absolute Gasteiger partial charge is 0.494 e.